The van der Waals surface area contributed by atoms with Crippen LogP contribution in [0.1, 0.15) is 11.1 Å². The van der Waals surface area contributed by atoms with E-state index in [9.17, 15) is 0 Å². The van der Waals surface area contributed by atoms with Crippen molar-refractivity contribution in [3.8, 4) is 0 Å². The molecule has 2 aliphatic heterocycles. The van der Waals surface area contributed by atoms with Crippen molar-refractivity contribution in [1.29, 1.82) is 0 Å². The van der Waals surface area contributed by atoms with E-state index in [1.807, 2.05) is 12.1 Å². The molecular weight excluding hydrogens is 231 g/mol. The summed E-state index contributed by atoms with van der Waals surface area (Å²) in [5, 5.41) is 4.23. The van der Waals surface area contributed by atoms with Crippen LogP contribution in [0, 0.1) is 0 Å². The van der Waals surface area contributed by atoms with Gasteiger partial charge in [0.2, 0.25) is 0 Å². The van der Waals surface area contributed by atoms with Crippen molar-refractivity contribution >= 4 is 24.0 Å². The van der Waals surface area contributed by atoms with E-state index in [1.54, 1.807) is 0 Å². The molecule has 0 aliphatic carbocycles. The Kier molecular flexibility index (Phi) is 3.21. The van der Waals surface area contributed by atoms with Gasteiger partial charge in [-0.2, -0.15) is 0 Å². The summed E-state index contributed by atoms with van der Waals surface area (Å²) < 4.78 is 0. The van der Waals surface area contributed by atoms with Gasteiger partial charge in [0.1, 0.15) is 0 Å². The summed E-state index contributed by atoms with van der Waals surface area (Å²) in [6, 6.07) is 6.94. The highest BCUT2D eigenvalue weighted by Crippen LogP contribution is 2.30. The first-order valence-corrected chi connectivity index (χ1v) is 5.43. The second-order valence-corrected chi connectivity index (χ2v) is 4.50. The third-order valence-corrected chi connectivity index (χ3v) is 3.58. The highest BCUT2D eigenvalue weighted by atomic mass is 35.5. The Morgan fingerprint density at radius 3 is 2.67 bits per heavy atom. The molecule has 1 aromatic rings. The van der Waals surface area contributed by atoms with Gasteiger partial charge in [-0.3, -0.25) is 4.90 Å². The normalized spacial score (nSPS) is 20.6. The zero-order valence-electron chi connectivity index (χ0n) is 8.37. The second-order valence-electron chi connectivity index (χ2n) is 4.09. The number of hydrogen-bond acceptors (Lipinski definition) is 2. The third-order valence-electron chi connectivity index (χ3n) is 3.23. The molecule has 1 saturated heterocycles. The smallest absolute Gasteiger partial charge is 0.0454 e. The van der Waals surface area contributed by atoms with Gasteiger partial charge in [0.15, 0.2) is 0 Å². The maximum absolute atomic E-state index is 6.16. The third kappa shape index (κ3) is 1.87. The van der Waals surface area contributed by atoms with E-state index < -0.39 is 0 Å². The zero-order valence-corrected chi connectivity index (χ0v) is 9.94. The van der Waals surface area contributed by atoms with Crippen molar-refractivity contribution in [3.63, 3.8) is 0 Å². The van der Waals surface area contributed by atoms with Gasteiger partial charge >= 0.3 is 0 Å². The molecule has 3 rings (SSSR count). The Morgan fingerprint density at radius 1 is 1.27 bits per heavy atom. The Morgan fingerprint density at radius 2 is 2.07 bits per heavy atom. The van der Waals surface area contributed by atoms with Gasteiger partial charge in [-0.15, -0.1) is 12.4 Å². The molecule has 2 heterocycles. The number of rotatable bonds is 1. The molecule has 2 nitrogen and oxygen atoms in total. The Labute approximate surface area is 101 Å². The lowest BCUT2D eigenvalue weighted by atomic mass is 10.1. The Balaban J connectivity index is 0.000000853. The fourth-order valence-corrected chi connectivity index (χ4v) is 2.45. The minimum atomic E-state index is 0. The molecule has 1 aromatic carbocycles. The van der Waals surface area contributed by atoms with E-state index in [0.717, 1.165) is 37.2 Å². The summed E-state index contributed by atoms with van der Waals surface area (Å²) in [6.07, 6.45) is 0. The molecule has 0 radical (unpaired) electrons. The van der Waals surface area contributed by atoms with Crippen LogP contribution in [0.15, 0.2) is 18.2 Å². The molecule has 0 unspecified atom stereocenters. The summed E-state index contributed by atoms with van der Waals surface area (Å²) in [5.41, 5.74) is 2.74. The van der Waals surface area contributed by atoms with Gasteiger partial charge in [-0.25, -0.2) is 0 Å². The summed E-state index contributed by atoms with van der Waals surface area (Å²) in [4.78, 5) is 2.51. The maximum atomic E-state index is 6.16. The molecule has 0 amide bonds. The van der Waals surface area contributed by atoms with Crippen LogP contribution >= 0.6 is 24.0 Å². The Hall–Kier alpha value is -0.280. The van der Waals surface area contributed by atoms with Crippen LogP contribution in [0.3, 0.4) is 0 Å². The van der Waals surface area contributed by atoms with Gasteiger partial charge in [-0.1, -0.05) is 23.7 Å². The molecule has 2 aliphatic rings. The quantitative estimate of drug-likeness (QED) is 0.814. The van der Waals surface area contributed by atoms with E-state index in [1.165, 1.54) is 11.1 Å². The van der Waals surface area contributed by atoms with Crippen molar-refractivity contribution in [2.75, 3.05) is 13.1 Å². The first-order valence-electron chi connectivity index (χ1n) is 5.05. The second kappa shape index (κ2) is 4.30. The number of hydrogen-bond donors (Lipinski definition) is 1. The van der Waals surface area contributed by atoms with Crippen LogP contribution in [-0.4, -0.2) is 24.0 Å². The molecule has 0 aromatic heterocycles. The first-order chi connectivity index (χ1) is 6.84. The van der Waals surface area contributed by atoms with E-state index in [-0.39, 0.29) is 12.4 Å². The number of nitrogens with one attached hydrogen (secondary N) is 1. The zero-order chi connectivity index (χ0) is 9.54. The lowest BCUT2D eigenvalue weighted by Crippen LogP contribution is -2.55. The minimum absolute atomic E-state index is 0. The highest BCUT2D eigenvalue weighted by molar-refractivity contribution is 6.31. The van der Waals surface area contributed by atoms with E-state index in [2.05, 4.69) is 16.3 Å². The molecule has 4 heteroatoms. The van der Waals surface area contributed by atoms with Gasteiger partial charge in [0.05, 0.1) is 0 Å². The predicted octanol–water partition coefficient (Wildman–Crippen LogP) is 2.05. The summed E-state index contributed by atoms with van der Waals surface area (Å²) in [7, 11) is 0. The fourth-order valence-electron chi connectivity index (χ4n) is 2.20. The first kappa shape index (κ1) is 11.2. The van der Waals surface area contributed by atoms with Crippen molar-refractivity contribution < 1.29 is 0 Å². The van der Waals surface area contributed by atoms with Crippen LogP contribution in [-0.2, 0) is 13.1 Å². The standard InChI is InChI=1S/C11H13ClN2.ClH/c12-11-3-1-2-8-6-14(7-10(8)11)9-4-13-5-9;/h1-3,9,13H,4-7H2;1H. The predicted molar refractivity (Wildman–Crippen MR) is 64.6 cm³/mol. The fraction of sp³-hybridized carbons (Fsp3) is 0.455. The van der Waals surface area contributed by atoms with Gasteiger partial charge < -0.3 is 5.32 Å². The van der Waals surface area contributed by atoms with Gasteiger partial charge in [0.25, 0.3) is 0 Å². The SMILES string of the molecule is Cl.Clc1cccc2c1CN(C1CNC1)C2. The average molecular weight is 245 g/mol. The molecular formula is C11H14Cl2N2. The number of fused-ring (bicyclic) bond motifs is 1. The maximum Gasteiger partial charge on any atom is 0.0454 e. The van der Waals surface area contributed by atoms with Crippen molar-refractivity contribution in [2.45, 2.75) is 19.1 Å². The molecule has 1 fully saturated rings. The molecule has 0 atom stereocenters. The van der Waals surface area contributed by atoms with Crippen LogP contribution in [0.5, 0.6) is 0 Å². The molecule has 0 spiro atoms. The molecule has 15 heavy (non-hydrogen) atoms. The van der Waals surface area contributed by atoms with Crippen molar-refractivity contribution in [2.24, 2.45) is 0 Å². The molecule has 0 saturated carbocycles. The molecule has 1 N–H and O–H groups in total. The highest BCUT2D eigenvalue weighted by Gasteiger charge is 2.30. The lowest BCUT2D eigenvalue weighted by molar-refractivity contribution is 0.145. The van der Waals surface area contributed by atoms with Gasteiger partial charge in [-0.05, 0) is 17.2 Å². The summed E-state index contributed by atoms with van der Waals surface area (Å²) in [5.74, 6) is 0. The molecule has 82 valence electrons. The van der Waals surface area contributed by atoms with Crippen LogP contribution in [0.4, 0.5) is 0 Å². The van der Waals surface area contributed by atoms with Crippen LogP contribution in [0.2, 0.25) is 5.02 Å². The van der Waals surface area contributed by atoms with E-state index in [4.69, 9.17) is 11.6 Å². The summed E-state index contributed by atoms with van der Waals surface area (Å²) >= 11 is 6.16. The average Bonchev–Trinajstić information content (AvgIpc) is 2.46. The largest absolute Gasteiger partial charge is 0.314 e. The topological polar surface area (TPSA) is 15.3 Å². The Bertz CT molecular complexity index is 364. The monoisotopic (exact) mass is 244 g/mol. The minimum Gasteiger partial charge on any atom is -0.314 e. The van der Waals surface area contributed by atoms with Crippen LogP contribution in [0.25, 0.3) is 0 Å². The van der Waals surface area contributed by atoms with E-state index >= 15 is 0 Å². The summed E-state index contributed by atoms with van der Waals surface area (Å²) in [6.45, 7) is 4.36. The van der Waals surface area contributed by atoms with Gasteiger partial charge in [0, 0.05) is 37.2 Å². The van der Waals surface area contributed by atoms with Crippen LogP contribution < -0.4 is 5.32 Å². The van der Waals surface area contributed by atoms with Crippen molar-refractivity contribution in [1.82, 2.24) is 10.2 Å². The lowest BCUT2D eigenvalue weighted by Gasteiger charge is -2.35. The van der Waals surface area contributed by atoms with Crippen molar-refractivity contribution in [3.05, 3.63) is 34.3 Å². The van der Waals surface area contributed by atoms with E-state index in [0.29, 0.717) is 0 Å². The number of benzene rings is 1. The molecule has 0 bridgehead atoms. The number of nitrogens with zero attached hydrogens (tertiary/aromatic N) is 1. The number of halogens is 2.